The van der Waals surface area contributed by atoms with E-state index in [0.29, 0.717) is 17.5 Å². The molecule has 0 unspecified atom stereocenters. The van der Waals surface area contributed by atoms with Crippen LogP contribution >= 0.6 is 0 Å². The lowest BCUT2D eigenvalue weighted by atomic mass is 10.0. The van der Waals surface area contributed by atoms with E-state index in [1.54, 1.807) is 0 Å². The average Bonchev–Trinajstić information content (AvgIpc) is 3.88. The molecule has 0 aliphatic rings. The van der Waals surface area contributed by atoms with Crippen LogP contribution in [0.2, 0.25) is 0 Å². The predicted octanol–water partition coefficient (Wildman–Crippen LogP) is 15.0. The topological polar surface area (TPSA) is 56.7 Å². The first kappa shape index (κ1) is 34.5. The molecule has 13 rings (SSSR count). The van der Waals surface area contributed by atoms with Gasteiger partial charge in [-0.1, -0.05) is 164 Å². The number of rotatable bonds is 5. The van der Waals surface area contributed by atoms with Gasteiger partial charge in [-0.05, 0) is 74.5 Å². The molecule has 62 heavy (non-hydrogen) atoms. The maximum absolute atomic E-state index is 7.03. The lowest BCUT2D eigenvalue weighted by molar-refractivity contribution is 0.672. The Morgan fingerprint density at radius 3 is 1.79 bits per heavy atom. The molecule has 0 aliphatic carbocycles. The molecule has 3 heterocycles. The number of furan rings is 1. The fraction of sp³-hybridized carbons (Fsp3) is 0. The van der Waals surface area contributed by atoms with Crippen molar-refractivity contribution in [2.24, 2.45) is 0 Å². The number of hydrogen-bond donors (Lipinski definition) is 0. The molecule has 5 nitrogen and oxygen atoms in total. The fourth-order valence-electron chi connectivity index (χ4n) is 9.49. The largest absolute Gasteiger partial charge is 0.455 e. The summed E-state index contributed by atoms with van der Waals surface area (Å²) in [6, 6.07) is 72.7. The number of fused-ring (bicyclic) bond motifs is 10. The van der Waals surface area contributed by atoms with Crippen molar-refractivity contribution in [2.75, 3.05) is 0 Å². The van der Waals surface area contributed by atoms with E-state index in [1.807, 2.05) is 6.07 Å². The second-order valence-electron chi connectivity index (χ2n) is 16.0. The third kappa shape index (κ3) is 5.38. The molecule has 5 heteroatoms. The molecule has 0 radical (unpaired) electrons. The van der Waals surface area contributed by atoms with Gasteiger partial charge in [-0.2, -0.15) is 0 Å². The van der Waals surface area contributed by atoms with Gasteiger partial charge in [0.25, 0.3) is 0 Å². The minimum atomic E-state index is 0.567. The van der Waals surface area contributed by atoms with Crippen molar-refractivity contribution in [2.45, 2.75) is 0 Å². The Labute approximate surface area is 355 Å². The van der Waals surface area contributed by atoms with Crippen molar-refractivity contribution >= 4 is 76.1 Å². The van der Waals surface area contributed by atoms with Gasteiger partial charge < -0.3 is 8.98 Å². The molecule has 3 aromatic heterocycles. The summed E-state index contributed by atoms with van der Waals surface area (Å²) in [5.41, 5.74) is 9.70. The van der Waals surface area contributed by atoms with Crippen LogP contribution in [-0.2, 0) is 0 Å². The third-order valence-corrected chi connectivity index (χ3v) is 12.4. The number of benzene rings is 10. The van der Waals surface area contributed by atoms with Crippen LogP contribution in [0.4, 0.5) is 0 Å². The van der Waals surface area contributed by atoms with Crippen LogP contribution in [0.15, 0.2) is 211 Å². The Kier molecular flexibility index (Phi) is 7.54. The first-order chi connectivity index (χ1) is 30.7. The summed E-state index contributed by atoms with van der Waals surface area (Å²) in [6.07, 6.45) is 0. The van der Waals surface area contributed by atoms with Crippen LogP contribution < -0.4 is 0 Å². The van der Waals surface area contributed by atoms with Gasteiger partial charge in [0, 0.05) is 49.7 Å². The van der Waals surface area contributed by atoms with E-state index in [-0.39, 0.29) is 0 Å². The minimum absolute atomic E-state index is 0.567. The van der Waals surface area contributed by atoms with Crippen LogP contribution in [0.3, 0.4) is 0 Å². The Bertz CT molecular complexity index is 3930. The van der Waals surface area contributed by atoms with Gasteiger partial charge in [0.15, 0.2) is 17.5 Å². The summed E-state index contributed by atoms with van der Waals surface area (Å²) in [5, 5.41) is 11.1. The van der Waals surface area contributed by atoms with E-state index in [2.05, 4.69) is 205 Å². The van der Waals surface area contributed by atoms with Gasteiger partial charge in [0.1, 0.15) is 11.2 Å². The number of para-hydroxylation sites is 1. The maximum Gasteiger partial charge on any atom is 0.164 e. The van der Waals surface area contributed by atoms with Crippen LogP contribution in [0.25, 0.3) is 127 Å². The van der Waals surface area contributed by atoms with Crippen LogP contribution in [0.1, 0.15) is 0 Å². The molecule has 0 spiro atoms. The van der Waals surface area contributed by atoms with Crippen molar-refractivity contribution in [1.82, 2.24) is 19.5 Å². The monoisotopic (exact) mass is 790 g/mol. The highest BCUT2D eigenvalue weighted by Gasteiger charge is 2.23. The molecule has 0 N–H and O–H groups in total. The van der Waals surface area contributed by atoms with Crippen molar-refractivity contribution in [3.8, 4) is 51.0 Å². The van der Waals surface area contributed by atoms with Gasteiger partial charge in [-0.25, -0.2) is 15.0 Å². The summed E-state index contributed by atoms with van der Waals surface area (Å²) in [7, 11) is 0. The Hall–Kier alpha value is -8.41. The summed E-state index contributed by atoms with van der Waals surface area (Å²) >= 11 is 0. The Morgan fingerprint density at radius 2 is 0.952 bits per heavy atom. The standard InChI is InChI=1S/C57H34N4O/c1-2-14-35(15-3-1)38-21-12-22-41(30-38)55-58-56(46-26-13-20-36-16-6-8-23-43(36)46)60-57(59-55)49-33-42(34-52-53(49)47-29-28-37-17-7-9-24-44(37)54(47)62-52)61-50-27-11-10-25-45(50)48-31-39-18-4-5-19-40(39)32-51(48)61/h1-34H. The third-order valence-electron chi connectivity index (χ3n) is 12.4. The lowest BCUT2D eigenvalue weighted by Gasteiger charge is -2.14. The highest BCUT2D eigenvalue weighted by atomic mass is 16.3. The van der Waals surface area contributed by atoms with E-state index in [0.717, 1.165) is 88.0 Å². The highest BCUT2D eigenvalue weighted by molar-refractivity contribution is 6.20. The van der Waals surface area contributed by atoms with Gasteiger partial charge in [0.2, 0.25) is 0 Å². The van der Waals surface area contributed by atoms with Gasteiger partial charge >= 0.3 is 0 Å². The van der Waals surface area contributed by atoms with E-state index in [4.69, 9.17) is 19.4 Å². The first-order valence-corrected chi connectivity index (χ1v) is 20.9. The molecule has 0 amide bonds. The van der Waals surface area contributed by atoms with Crippen molar-refractivity contribution in [1.29, 1.82) is 0 Å². The summed E-state index contributed by atoms with van der Waals surface area (Å²) in [5.74, 6) is 1.76. The molecular formula is C57H34N4O. The van der Waals surface area contributed by atoms with Gasteiger partial charge in [-0.15, -0.1) is 0 Å². The zero-order valence-electron chi connectivity index (χ0n) is 33.3. The molecule has 0 fully saturated rings. The second kappa shape index (κ2) is 13.6. The predicted molar refractivity (Wildman–Crippen MR) is 256 cm³/mol. The summed E-state index contributed by atoms with van der Waals surface area (Å²) in [6.45, 7) is 0. The quantitative estimate of drug-likeness (QED) is 0.174. The zero-order chi connectivity index (χ0) is 40.7. The molecule has 10 aromatic carbocycles. The summed E-state index contributed by atoms with van der Waals surface area (Å²) < 4.78 is 9.39. The van der Waals surface area contributed by atoms with Crippen LogP contribution in [0, 0.1) is 0 Å². The maximum atomic E-state index is 7.03. The van der Waals surface area contributed by atoms with Crippen molar-refractivity contribution < 1.29 is 4.42 Å². The Morgan fingerprint density at radius 1 is 0.339 bits per heavy atom. The van der Waals surface area contributed by atoms with Crippen LogP contribution in [0.5, 0.6) is 0 Å². The lowest BCUT2D eigenvalue weighted by Crippen LogP contribution is -2.02. The van der Waals surface area contributed by atoms with E-state index in [1.165, 1.54) is 21.5 Å². The minimum Gasteiger partial charge on any atom is -0.455 e. The van der Waals surface area contributed by atoms with Crippen molar-refractivity contribution in [3.05, 3.63) is 206 Å². The van der Waals surface area contributed by atoms with E-state index >= 15 is 0 Å². The summed E-state index contributed by atoms with van der Waals surface area (Å²) in [4.78, 5) is 16.2. The molecule has 0 atom stereocenters. The zero-order valence-corrected chi connectivity index (χ0v) is 33.3. The SMILES string of the molecule is c1ccc(-c2cccc(-c3nc(-c4cccc5ccccc45)nc(-c4cc(-n5c6ccccc6c6cc7ccccc7cc65)cc5oc6c7ccccc7ccc6c45)n3)c2)cc1. The molecule has 0 saturated heterocycles. The average molecular weight is 791 g/mol. The first-order valence-electron chi connectivity index (χ1n) is 20.9. The van der Waals surface area contributed by atoms with E-state index in [9.17, 15) is 0 Å². The highest BCUT2D eigenvalue weighted by Crippen LogP contribution is 2.43. The molecule has 288 valence electrons. The number of hydrogen-bond acceptors (Lipinski definition) is 4. The number of nitrogens with zero attached hydrogens (tertiary/aromatic N) is 4. The smallest absolute Gasteiger partial charge is 0.164 e. The fourth-order valence-corrected chi connectivity index (χ4v) is 9.49. The Balaban J connectivity index is 1.15. The van der Waals surface area contributed by atoms with Gasteiger partial charge in [-0.3, -0.25) is 0 Å². The van der Waals surface area contributed by atoms with Gasteiger partial charge in [0.05, 0.1) is 16.7 Å². The molecule has 0 saturated carbocycles. The molecule has 13 aromatic rings. The molecule has 0 aliphatic heterocycles. The molecule has 0 bridgehead atoms. The molecular weight excluding hydrogens is 757 g/mol. The van der Waals surface area contributed by atoms with Crippen molar-refractivity contribution in [3.63, 3.8) is 0 Å². The van der Waals surface area contributed by atoms with Crippen LogP contribution in [-0.4, -0.2) is 19.5 Å². The van der Waals surface area contributed by atoms with E-state index < -0.39 is 0 Å². The normalized spacial score (nSPS) is 11.9. The second-order valence-corrected chi connectivity index (χ2v) is 16.0. The number of aromatic nitrogens is 4.